The Hall–Kier alpha value is -2.52. The molecule has 0 spiro atoms. The minimum Gasteiger partial charge on any atom is -0.206 e. The molecular weight excluding hydrogens is 763 g/mol. The van der Waals surface area contributed by atoms with Crippen molar-refractivity contribution in [3.8, 4) is 61.4 Å². The van der Waals surface area contributed by atoms with Crippen molar-refractivity contribution < 1.29 is 0 Å². The number of rotatable bonds is 15. The van der Waals surface area contributed by atoms with E-state index in [1.54, 1.807) is 34.0 Å². The van der Waals surface area contributed by atoms with Gasteiger partial charge < -0.3 is 0 Å². The molecule has 240 valence electrons. The van der Waals surface area contributed by atoms with Gasteiger partial charge in [0.25, 0.3) is 0 Å². The molecule has 0 saturated heterocycles. The number of hydrogen-bond donors (Lipinski definition) is 0. The van der Waals surface area contributed by atoms with Crippen LogP contribution in [0, 0.1) is 0 Å². The second-order valence-electron chi connectivity index (χ2n) is 9.95. The SMILES string of the molecule is C=CCSc1ccc(-c2ccc(-c3nc(-c4ccc(-c5ccc(SCC=C)s5)s4)nc(-c4ccc(-c5ccc(SCC=C)s5)s4)n3)s2)s1. The lowest BCUT2D eigenvalue weighted by atomic mass is 10.3. The first-order chi connectivity index (χ1) is 23.6. The molecule has 0 aliphatic heterocycles. The molecule has 0 aromatic carbocycles. The summed E-state index contributed by atoms with van der Waals surface area (Å²) < 4.78 is 3.88. The van der Waals surface area contributed by atoms with Crippen LogP contribution < -0.4 is 0 Å². The molecule has 7 aromatic heterocycles. The first-order valence-corrected chi connectivity index (χ1v) is 22.5. The van der Waals surface area contributed by atoms with Crippen LogP contribution in [-0.2, 0) is 0 Å². The lowest BCUT2D eigenvalue weighted by Gasteiger charge is -2.04. The van der Waals surface area contributed by atoms with Gasteiger partial charge in [0.15, 0.2) is 17.5 Å². The zero-order valence-electron chi connectivity index (χ0n) is 25.4. The van der Waals surface area contributed by atoms with Crippen molar-refractivity contribution in [2.45, 2.75) is 12.6 Å². The quantitative estimate of drug-likeness (QED) is 0.0761. The second kappa shape index (κ2) is 16.0. The highest BCUT2D eigenvalue weighted by atomic mass is 32.2. The van der Waals surface area contributed by atoms with Crippen molar-refractivity contribution in [1.82, 2.24) is 15.0 Å². The lowest BCUT2D eigenvalue weighted by Crippen LogP contribution is -1.97. The first-order valence-electron chi connectivity index (χ1n) is 14.7. The predicted octanol–water partition coefficient (Wildman–Crippen LogP) is 14.1. The topological polar surface area (TPSA) is 38.7 Å². The molecule has 0 radical (unpaired) electrons. The van der Waals surface area contributed by atoms with Gasteiger partial charge in [0, 0.05) is 46.5 Å². The molecule has 48 heavy (non-hydrogen) atoms. The summed E-state index contributed by atoms with van der Waals surface area (Å²) >= 11 is 16.1. The van der Waals surface area contributed by atoms with Gasteiger partial charge in [0.1, 0.15) is 0 Å². The summed E-state index contributed by atoms with van der Waals surface area (Å²) in [6, 6.07) is 26.2. The zero-order chi connectivity index (χ0) is 32.9. The van der Waals surface area contributed by atoms with Gasteiger partial charge >= 0.3 is 0 Å². The second-order valence-corrected chi connectivity index (χ2v) is 20.4. The molecular formula is C36H27N3S9. The van der Waals surface area contributed by atoms with E-state index in [2.05, 4.69) is 92.5 Å². The molecule has 7 rings (SSSR count). The molecule has 0 unspecified atom stereocenters. The van der Waals surface area contributed by atoms with Crippen LogP contribution in [0.15, 0.2) is 123 Å². The highest BCUT2D eigenvalue weighted by molar-refractivity contribution is 8.01. The fourth-order valence-electron chi connectivity index (χ4n) is 4.49. The largest absolute Gasteiger partial charge is 0.206 e. The minimum atomic E-state index is 0.701. The number of hydrogen-bond acceptors (Lipinski definition) is 12. The van der Waals surface area contributed by atoms with E-state index in [0.29, 0.717) is 17.5 Å². The number of thioether (sulfide) groups is 3. The van der Waals surface area contributed by atoms with E-state index in [1.165, 1.54) is 41.9 Å². The van der Waals surface area contributed by atoms with Gasteiger partial charge in [-0.25, -0.2) is 15.0 Å². The molecule has 0 fully saturated rings. The van der Waals surface area contributed by atoms with Gasteiger partial charge in [-0.3, -0.25) is 0 Å². The van der Waals surface area contributed by atoms with Crippen molar-refractivity contribution in [1.29, 1.82) is 0 Å². The van der Waals surface area contributed by atoms with Crippen LogP contribution in [0.1, 0.15) is 0 Å². The van der Waals surface area contributed by atoms with E-state index in [0.717, 1.165) is 31.9 Å². The Balaban J connectivity index is 1.23. The van der Waals surface area contributed by atoms with E-state index in [9.17, 15) is 0 Å². The summed E-state index contributed by atoms with van der Waals surface area (Å²) in [4.78, 5) is 25.7. The molecule has 7 heterocycles. The van der Waals surface area contributed by atoms with Gasteiger partial charge in [0.2, 0.25) is 0 Å². The maximum atomic E-state index is 5.07. The number of thiophene rings is 6. The Kier molecular flexibility index (Phi) is 11.3. The standard InChI is InChI=1S/C36H27N3S9/c1-4-19-40-31-16-13-25(46-31)22-7-10-28(43-22)34-37-35(29-11-8-23(44-29)26-14-17-32(47-26)41-20-5-2)39-36(38-34)30-12-9-24(45-30)27-15-18-33(48-27)42-21-6-3/h4-18H,1-3,19-21H2. The minimum absolute atomic E-state index is 0.701. The third-order valence-electron chi connectivity index (χ3n) is 6.62. The third-order valence-corrected chi connectivity index (χ3v) is 17.4. The van der Waals surface area contributed by atoms with Crippen LogP contribution in [0.3, 0.4) is 0 Å². The average Bonchev–Trinajstić information content (AvgIpc) is 3.95. The maximum absolute atomic E-state index is 5.07. The van der Waals surface area contributed by atoms with Crippen molar-refractivity contribution >= 4 is 103 Å². The molecule has 0 N–H and O–H groups in total. The number of aromatic nitrogens is 3. The van der Waals surface area contributed by atoms with Gasteiger partial charge in [-0.15, -0.1) is 123 Å². The Morgan fingerprint density at radius 3 is 0.917 bits per heavy atom. The summed E-state index contributed by atoms with van der Waals surface area (Å²) in [5, 5.41) is 0. The summed E-state index contributed by atoms with van der Waals surface area (Å²) in [7, 11) is 0. The van der Waals surface area contributed by atoms with E-state index < -0.39 is 0 Å². The molecule has 3 nitrogen and oxygen atoms in total. The van der Waals surface area contributed by atoms with Crippen LogP contribution in [0.2, 0.25) is 0 Å². The smallest absolute Gasteiger partial charge is 0.174 e. The van der Waals surface area contributed by atoms with Crippen molar-refractivity contribution in [3.63, 3.8) is 0 Å². The highest BCUT2D eigenvalue weighted by Gasteiger charge is 2.18. The Morgan fingerprint density at radius 2 is 0.625 bits per heavy atom. The van der Waals surface area contributed by atoms with Gasteiger partial charge in [-0.1, -0.05) is 18.2 Å². The Bertz CT molecular complexity index is 1930. The molecule has 7 aromatic rings. The van der Waals surface area contributed by atoms with E-state index >= 15 is 0 Å². The van der Waals surface area contributed by atoms with Crippen LogP contribution in [0.25, 0.3) is 61.4 Å². The van der Waals surface area contributed by atoms with E-state index in [4.69, 9.17) is 15.0 Å². The van der Waals surface area contributed by atoms with Gasteiger partial charge in [-0.2, -0.15) is 0 Å². The molecule has 0 saturated carbocycles. The van der Waals surface area contributed by atoms with Crippen LogP contribution in [-0.4, -0.2) is 32.2 Å². The van der Waals surface area contributed by atoms with Crippen molar-refractivity contribution in [2.75, 3.05) is 17.3 Å². The molecule has 12 heteroatoms. The molecule has 0 amide bonds. The fraction of sp³-hybridized carbons (Fsp3) is 0.0833. The van der Waals surface area contributed by atoms with Gasteiger partial charge in [0.05, 0.1) is 27.3 Å². The van der Waals surface area contributed by atoms with Crippen LogP contribution in [0.5, 0.6) is 0 Å². The van der Waals surface area contributed by atoms with E-state index in [-0.39, 0.29) is 0 Å². The maximum Gasteiger partial charge on any atom is 0.174 e. The normalized spacial score (nSPS) is 11.2. The van der Waals surface area contributed by atoms with Crippen LogP contribution >= 0.6 is 103 Å². The Morgan fingerprint density at radius 1 is 0.375 bits per heavy atom. The molecule has 0 aliphatic carbocycles. The summed E-state index contributed by atoms with van der Waals surface area (Å²) in [6.45, 7) is 11.6. The van der Waals surface area contributed by atoms with Crippen molar-refractivity contribution in [3.05, 3.63) is 111 Å². The van der Waals surface area contributed by atoms with E-state index in [1.807, 2.05) is 87.5 Å². The number of nitrogens with zero attached hydrogens (tertiary/aromatic N) is 3. The molecule has 0 aliphatic rings. The predicted molar refractivity (Wildman–Crippen MR) is 222 cm³/mol. The monoisotopic (exact) mass is 789 g/mol. The summed E-state index contributed by atoms with van der Waals surface area (Å²) in [5.74, 6) is 4.83. The van der Waals surface area contributed by atoms with Crippen molar-refractivity contribution in [2.24, 2.45) is 0 Å². The van der Waals surface area contributed by atoms with Gasteiger partial charge in [-0.05, 0) is 72.8 Å². The Labute approximate surface area is 317 Å². The lowest BCUT2D eigenvalue weighted by molar-refractivity contribution is 1.09. The van der Waals surface area contributed by atoms with Crippen LogP contribution in [0.4, 0.5) is 0 Å². The molecule has 0 bridgehead atoms. The molecule has 0 atom stereocenters. The highest BCUT2D eigenvalue weighted by Crippen LogP contribution is 2.44. The third kappa shape index (κ3) is 7.93. The average molecular weight is 790 g/mol. The first kappa shape index (κ1) is 34.0. The zero-order valence-corrected chi connectivity index (χ0v) is 32.8. The summed E-state index contributed by atoms with van der Waals surface area (Å²) in [5.41, 5.74) is 0. The fourth-order valence-corrected chi connectivity index (χ4v) is 13.3. The summed E-state index contributed by atoms with van der Waals surface area (Å²) in [6.07, 6.45) is 5.83.